The summed E-state index contributed by atoms with van der Waals surface area (Å²) in [7, 11) is 0. The van der Waals surface area contributed by atoms with E-state index in [0.29, 0.717) is 31.7 Å². The SMILES string of the molecule is CCn1cc(-c2cc(N3CCN(C(=O)OC(C)(C)C)CC3)c3c(C#N)cnn3c2)cn1. The third-order valence-electron chi connectivity index (χ3n) is 5.27. The number of aryl methyl sites for hydroxylation is 1. The quantitative estimate of drug-likeness (QED) is 0.645. The molecular formula is C22H27N7O2. The number of nitriles is 1. The third kappa shape index (κ3) is 4.19. The molecule has 9 heteroatoms. The van der Waals surface area contributed by atoms with Gasteiger partial charge >= 0.3 is 6.09 Å². The van der Waals surface area contributed by atoms with E-state index in [2.05, 4.69) is 27.2 Å². The molecule has 4 rings (SSSR count). The Morgan fingerprint density at radius 2 is 1.87 bits per heavy atom. The second-order valence-corrected chi connectivity index (χ2v) is 8.62. The Morgan fingerprint density at radius 1 is 1.13 bits per heavy atom. The molecule has 0 saturated carbocycles. The molecule has 0 radical (unpaired) electrons. The molecule has 3 aromatic heterocycles. The molecule has 0 N–H and O–H groups in total. The van der Waals surface area contributed by atoms with Gasteiger partial charge in [-0.2, -0.15) is 15.5 Å². The van der Waals surface area contributed by atoms with Crippen molar-refractivity contribution in [3.8, 4) is 17.2 Å². The molecule has 31 heavy (non-hydrogen) atoms. The molecule has 0 spiro atoms. The summed E-state index contributed by atoms with van der Waals surface area (Å²) in [5.41, 5.74) is 3.69. The molecule has 0 unspecified atom stereocenters. The van der Waals surface area contributed by atoms with Crippen LogP contribution >= 0.6 is 0 Å². The molecule has 0 atom stereocenters. The lowest BCUT2D eigenvalue weighted by Crippen LogP contribution is -2.50. The summed E-state index contributed by atoms with van der Waals surface area (Å²) >= 11 is 0. The van der Waals surface area contributed by atoms with Crippen molar-refractivity contribution in [3.05, 3.63) is 36.4 Å². The Balaban J connectivity index is 1.64. The first kappa shape index (κ1) is 20.7. The van der Waals surface area contributed by atoms with E-state index in [1.165, 1.54) is 0 Å². The smallest absolute Gasteiger partial charge is 0.410 e. The lowest BCUT2D eigenvalue weighted by atomic mass is 10.1. The van der Waals surface area contributed by atoms with Gasteiger partial charge < -0.3 is 14.5 Å². The largest absolute Gasteiger partial charge is 0.444 e. The first-order chi connectivity index (χ1) is 14.8. The van der Waals surface area contributed by atoms with E-state index in [4.69, 9.17) is 4.74 Å². The second-order valence-electron chi connectivity index (χ2n) is 8.62. The third-order valence-corrected chi connectivity index (χ3v) is 5.27. The maximum Gasteiger partial charge on any atom is 0.410 e. The highest BCUT2D eigenvalue weighted by Crippen LogP contribution is 2.31. The normalized spacial score (nSPS) is 14.7. The summed E-state index contributed by atoms with van der Waals surface area (Å²) in [4.78, 5) is 16.3. The summed E-state index contributed by atoms with van der Waals surface area (Å²) in [6.45, 7) is 10.8. The van der Waals surface area contributed by atoms with E-state index in [1.54, 1.807) is 15.6 Å². The molecule has 1 fully saturated rings. The van der Waals surface area contributed by atoms with Gasteiger partial charge in [-0.05, 0) is 33.8 Å². The van der Waals surface area contributed by atoms with Crippen molar-refractivity contribution in [2.24, 2.45) is 0 Å². The predicted octanol–water partition coefficient (Wildman–Crippen LogP) is 3.15. The second kappa shape index (κ2) is 7.95. The van der Waals surface area contributed by atoms with Crippen LogP contribution in [-0.4, -0.2) is 62.2 Å². The highest BCUT2D eigenvalue weighted by molar-refractivity contribution is 5.83. The highest BCUT2D eigenvalue weighted by atomic mass is 16.6. The predicted molar refractivity (Wildman–Crippen MR) is 117 cm³/mol. The van der Waals surface area contributed by atoms with Crippen LogP contribution in [0.1, 0.15) is 33.3 Å². The molecule has 162 valence electrons. The minimum Gasteiger partial charge on any atom is -0.444 e. The number of hydrogen-bond acceptors (Lipinski definition) is 6. The Morgan fingerprint density at radius 3 is 2.48 bits per heavy atom. The average molecular weight is 422 g/mol. The zero-order valence-corrected chi connectivity index (χ0v) is 18.4. The molecule has 0 bridgehead atoms. The number of nitrogens with zero attached hydrogens (tertiary/aromatic N) is 7. The van der Waals surface area contributed by atoms with E-state index >= 15 is 0 Å². The summed E-state index contributed by atoms with van der Waals surface area (Å²) in [6, 6.07) is 4.33. The number of amides is 1. The molecule has 1 amide bonds. The van der Waals surface area contributed by atoms with Crippen molar-refractivity contribution in [1.29, 1.82) is 5.26 Å². The van der Waals surface area contributed by atoms with E-state index in [9.17, 15) is 10.1 Å². The van der Waals surface area contributed by atoms with Crippen LogP contribution in [-0.2, 0) is 11.3 Å². The summed E-state index contributed by atoms with van der Waals surface area (Å²) < 4.78 is 9.14. The fraction of sp³-hybridized carbons (Fsp3) is 0.455. The number of anilines is 1. The van der Waals surface area contributed by atoms with Crippen LogP contribution in [0.5, 0.6) is 0 Å². The van der Waals surface area contributed by atoms with Gasteiger partial charge in [-0.3, -0.25) is 4.68 Å². The average Bonchev–Trinajstić information content (AvgIpc) is 3.38. The van der Waals surface area contributed by atoms with Gasteiger partial charge in [-0.25, -0.2) is 9.31 Å². The Labute approximate surface area is 181 Å². The van der Waals surface area contributed by atoms with E-state index in [1.807, 2.05) is 51.0 Å². The Bertz CT molecular complexity index is 1140. The molecule has 1 aliphatic rings. The zero-order valence-electron chi connectivity index (χ0n) is 18.4. The molecule has 0 aromatic carbocycles. The highest BCUT2D eigenvalue weighted by Gasteiger charge is 2.27. The number of rotatable bonds is 3. The van der Waals surface area contributed by atoms with Crippen molar-refractivity contribution < 1.29 is 9.53 Å². The number of piperazine rings is 1. The minimum atomic E-state index is -0.517. The summed E-state index contributed by atoms with van der Waals surface area (Å²) in [6.07, 6.45) is 7.06. The van der Waals surface area contributed by atoms with Crippen LogP contribution in [0.2, 0.25) is 0 Å². The van der Waals surface area contributed by atoms with Gasteiger partial charge in [0, 0.05) is 56.2 Å². The Kier molecular flexibility index (Phi) is 5.31. The molecular weight excluding hydrogens is 394 g/mol. The number of fused-ring (bicyclic) bond motifs is 1. The molecule has 1 saturated heterocycles. The minimum absolute atomic E-state index is 0.292. The summed E-state index contributed by atoms with van der Waals surface area (Å²) in [5.74, 6) is 0. The molecule has 0 aliphatic carbocycles. The monoisotopic (exact) mass is 421 g/mol. The standard InChI is InChI=1S/C22H27N7O2/c1-5-28-14-18(13-24-28)16-10-19(20-17(11-23)12-25-29(20)15-16)26-6-8-27(9-7-26)21(30)31-22(2,3)4/h10,12-15H,5-9H2,1-4H3. The number of pyridine rings is 1. The van der Waals surface area contributed by atoms with Gasteiger partial charge in [-0.1, -0.05) is 0 Å². The van der Waals surface area contributed by atoms with Gasteiger partial charge in [-0.15, -0.1) is 0 Å². The fourth-order valence-corrected chi connectivity index (χ4v) is 3.72. The number of ether oxygens (including phenoxy) is 1. The topological polar surface area (TPSA) is 91.7 Å². The lowest BCUT2D eigenvalue weighted by molar-refractivity contribution is 0.0240. The van der Waals surface area contributed by atoms with E-state index in [-0.39, 0.29) is 6.09 Å². The maximum absolute atomic E-state index is 12.4. The maximum atomic E-state index is 12.4. The molecule has 9 nitrogen and oxygen atoms in total. The lowest BCUT2D eigenvalue weighted by Gasteiger charge is -2.37. The van der Waals surface area contributed by atoms with E-state index in [0.717, 1.165) is 28.9 Å². The number of carbonyl (C=O) groups is 1. The van der Waals surface area contributed by atoms with Crippen molar-refractivity contribution in [2.75, 3.05) is 31.1 Å². The van der Waals surface area contributed by atoms with Crippen LogP contribution in [0.4, 0.5) is 10.5 Å². The van der Waals surface area contributed by atoms with Gasteiger partial charge in [0.05, 0.1) is 23.6 Å². The first-order valence-electron chi connectivity index (χ1n) is 10.5. The van der Waals surface area contributed by atoms with Crippen LogP contribution in [0.25, 0.3) is 16.6 Å². The first-order valence-corrected chi connectivity index (χ1v) is 10.5. The molecule has 4 heterocycles. The van der Waals surface area contributed by atoms with Gasteiger partial charge in [0.25, 0.3) is 0 Å². The number of aromatic nitrogens is 4. The number of hydrogen-bond donors (Lipinski definition) is 0. The zero-order chi connectivity index (χ0) is 22.2. The molecule has 3 aromatic rings. The van der Waals surface area contributed by atoms with Crippen LogP contribution in [0, 0.1) is 11.3 Å². The summed E-state index contributed by atoms with van der Waals surface area (Å²) in [5, 5.41) is 18.4. The van der Waals surface area contributed by atoms with Crippen LogP contribution < -0.4 is 4.90 Å². The fourth-order valence-electron chi connectivity index (χ4n) is 3.72. The van der Waals surface area contributed by atoms with Crippen molar-refractivity contribution in [2.45, 2.75) is 39.8 Å². The van der Waals surface area contributed by atoms with Crippen molar-refractivity contribution in [1.82, 2.24) is 24.3 Å². The Hall–Kier alpha value is -3.54. The van der Waals surface area contributed by atoms with Gasteiger partial charge in [0.2, 0.25) is 0 Å². The van der Waals surface area contributed by atoms with Gasteiger partial charge in [0.15, 0.2) is 0 Å². The van der Waals surface area contributed by atoms with Crippen LogP contribution in [0.3, 0.4) is 0 Å². The van der Waals surface area contributed by atoms with Crippen molar-refractivity contribution in [3.63, 3.8) is 0 Å². The molecule has 1 aliphatic heterocycles. The van der Waals surface area contributed by atoms with Gasteiger partial charge in [0.1, 0.15) is 17.2 Å². The van der Waals surface area contributed by atoms with E-state index < -0.39 is 5.60 Å². The van der Waals surface area contributed by atoms with Crippen molar-refractivity contribution >= 4 is 17.3 Å². The van der Waals surface area contributed by atoms with Crippen LogP contribution in [0.15, 0.2) is 30.9 Å². The number of carbonyl (C=O) groups excluding carboxylic acids is 1.